The normalized spacial score (nSPS) is 14.0. The molecule has 0 aliphatic heterocycles. The van der Waals surface area contributed by atoms with Gasteiger partial charge in [-0.25, -0.2) is 4.79 Å². The molecule has 2 N–H and O–H groups in total. The van der Waals surface area contributed by atoms with Crippen molar-refractivity contribution in [2.24, 2.45) is 0 Å². The zero-order chi connectivity index (χ0) is 17.9. The highest BCUT2D eigenvalue weighted by atomic mass is 16.6. The largest absolute Gasteiger partial charge is 0.548 e. The van der Waals surface area contributed by atoms with Crippen molar-refractivity contribution in [1.29, 1.82) is 0 Å². The third-order valence-corrected chi connectivity index (χ3v) is 3.44. The van der Waals surface area contributed by atoms with Crippen molar-refractivity contribution >= 4 is 12.1 Å². The molecule has 23 heavy (non-hydrogen) atoms. The van der Waals surface area contributed by atoms with Crippen molar-refractivity contribution in [1.82, 2.24) is 5.32 Å². The molecule has 6 heteroatoms. The first-order valence-electron chi connectivity index (χ1n) is 7.38. The minimum Gasteiger partial charge on any atom is -0.548 e. The summed E-state index contributed by atoms with van der Waals surface area (Å²) in [6.45, 7) is 10.5. The first kappa shape index (κ1) is 19.0. The van der Waals surface area contributed by atoms with Crippen LogP contribution in [0.1, 0.15) is 49.1 Å². The van der Waals surface area contributed by atoms with E-state index in [1.807, 2.05) is 19.9 Å². The molecule has 0 aliphatic carbocycles. The Morgan fingerprint density at radius 1 is 1.13 bits per heavy atom. The van der Waals surface area contributed by atoms with Crippen LogP contribution in [-0.2, 0) is 9.53 Å². The van der Waals surface area contributed by atoms with E-state index in [2.05, 4.69) is 5.32 Å². The SMILES string of the molecule is Cc1cc(C)c([C@@H](O)[C@H](NC(=O)OC(C)(C)C)C(=O)[O-])cc1C. The molecule has 128 valence electrons. The molecule has 1 aromatic carbocycles. The molecule has 0 heterocycles. The van der Waals surface area contributed by atoms with Gasteiger partial charge in [-0.3, -0.25) is 0 Å². The molecule has 0 unspecified atom stereocenters. The molecule has 6 nitrogen and oxygen atoms in total. The average Bonchev–Trinajstić information content (AvgIpc) is 2.37. The van der Waals surface area contributed by atoms with Gasteiger partial charge in [0.15, 0.2) is 0 Å². The number of carbonyl (C=O) groups is 2. The van der Waals surface area contributed by atoms with Crippen molar-refractivity contribution in [2.45, 2.75) is 59.3 Å². The highest BCUT2D eigenvalue weighted by Gasteiger charge is 2.27. The van der Waals surface area contributed by atoms with E-state index in [-0.39, 0.29) is 0 Å². The maximum atomic E-state index is 11.8. The van der Waals surface area contributed by atoms with Crippen LogP contribution in [0.2, 0.25) is 0 Å². The number of hydrogen-bond acceptors (Lipinski definition) is 5. The number of alkyl carbamates (subject to hydrolysis) is 1. The first-order chi connectivity index (χ1) is 10.4. The summed E-state index contributed by atoms with van der Waals surface area (Å²) < 4.78 is 5.03. The van der Waals surface area contributed by atoms with Gasteiger partial charge in [0.1, 0.15) is 17.7 Å². The highest BCUT2D eigenvalue weighted by Crippen LogP contribution is 2.24. The number of carbonyl (C=O) groups excluding carboxylic acids is 2. The standard InChI is InChI=1S/C17H25NO5/c1-9-7-11(3)12(8-10(9)2)14(19)13(15(20)21)18-16(22)23-17(4,5)6/h7-8,13-14,19H,1-6H3,(H,18,22)(H,20,21)/p-1/t13-,14+/m0/s1. The fourth-order valence-electron chi connectivity index (χ4n) is 2.18. The second kappa shape index (κ2) is 7.00. The van der Waals surface area contributed by atoms with Gasteiger partial charge in [0.25, 0.3) is 0 Å². The second-order valence-corrected chi connectivity index (χ2v) is 6.68. The quantitative estimate of drug-likeness (QED) is 0.870. The number of aliphatic hydroxyl groups excluding tert-OH is 1. The third kappa shape index (κ3) is 5.25. The number of aryl methyl sites for hydroxylation is 3. The van der Waals surface area contributed by atoms with Gasteiger partial charge in [0.2, 0.25) is 0 Å². The predicted octanol–water partition coefficient (Wildman–Crippen LogP) is 1.29. The van der Waals surface area contributed by atoms with Crippen LogP contribution >= 0.6 is 0 Å². The molecule has 1 amide bonds. The lowest BCUT2D eigenvalue weighted by Crippen LogP contribution is -2.52. The van der Waals surface area contributed by atoms with E-state index in [1.165, 1.54) is 0 Å². The van der Waals surface area contributed by atoms with Crippen LogP contribution in [0.5, 0.6) is 0 Å². The van der Waals surface area contributed by atoms with Gasteiger partial charge in [0.05, 0.1) is 5.97 Å². The summed E-state index contributed by atoms with van der Waals surface area (Å²) in [7, 11) is 0. The summed E-state index contributed by atoms with van der Waals surface area (Å²) in [5.74, 6) is -1.58. The van der Waals surface area contributed by atoms with E-state index in [0.29, 0.717) is 5.56 Å². The average molecular weight is 322 g/mol. The number of hydrogen-bond donors (Lipinski definition) is 2. The topological polar surface area (TPSA) is 98.7 Å². The molecule has 2 atom stereocenters. The lowest BCUT2D eigenvalue weighted by Gasteiger charge is -2.28. The molecule has 0 radical (unpaired) electrons. The van der Waals surface area contributed by atoms with Crippen LogP contribution in [0, 0.1) is 20.8 Å². The third-order valence-electron chi connectivity index (χ3n) is 3.44. The minimum absolute atomic E-state index is 0.429. The number of ether oxygens (including phenoxy) is 1. The summed E-state index contributed by atoms with van der Waals surface area (Å²) in [5, 5.41) is 23.9. The molecule has 0 aliphatic rings. The van der Waals surface area contributed by atoms with Crippen molar-refractivity contribution in [2.75, 3.05) is 0 Å². The summed E-state index contributed by atoms with van der Waals surface area (Å²) >= 11 is 0. The lowest BCUT2D eigenvalue weighted by molar-refractivity contribution is -0.310. The van der Waals surface area contributed by atoms with Gasteiger partial charge in [-0.15, -0.1) is 0 Å². The van der Waals surface area contributed by atoms with Crippen molar-refractivity contribution in [3.63, 3.8) is 0 Å². The Kier molecular flexibility index (Phi) is 5.77. The number of carboxylic acid groups (broad SMARTS) is 1. The molecular formula is C17H24NO5-. The van der Waals surface area contributed by atoms with E-state index < -0.39 is 29.8 Å². The molecule has 0 spiro atoms. The first-order valence-corrected chi connectivity index (χ1v) is 7.38. The molecule has 0 bridgehead atoms. The van der Waals surface area contributed by atoms with E-state index in [9.17, 15) is 19.8 Å². The number of amides is 1. The Morgan fingerprint density at radius 2 is 1.65 bits per heavy atom. The molecule has 1 rings (SSSR count). The zero-order valence-electron chi connectivity index (χ0n) is 14.4. The number of benzene rings is 1. The van der Waals surface area contributed by atoms with Crippen LogP contribution in [0.4, 0.5) is 4.79 Å². The van der Waals surface area contributed by atoms with Crippen molar-refractivity contribution in [3.05, 3.63) is 34.4 Å². The van der Waals surface area contributed by atoms with E-state index in [0.717, 1.165) is 16.7 Å². The Bertz CT molecular complexity index is 604. The van der Waals surface area contributed by atoms with Crippen LogP contribution < -0.4 is 10.4 Å². The molecule has 0 saturated carbocycles. The minimum atomic E-state index is -1.61. The van der Waals surface area contributed by atoms with Crippen molar-refractivity contribution < 1.29 is 24.5 Å². The molecule has 0 saturated heterocycles. The number of aliphatic carboxylic acids is 1. The van der Waals surface area contributed by atoms with Crippen LogP contribution in [0.15, 0.2) is 12.1 Å². The predicted molar refractivity (Wildman–Crippen MR) is 83.8 cm³/mol. The maximum Gasteiger partial charge on any atom is 0.408 e. The fraction of sp³-hybridized carbons (Fsp3) is 0.529. The number of carboxylic acids is 1. The summed E-state index contributed by atoms with van der Waals surface area (Å²) in [6, 6.07) is 1.96. The van der Waals surface area contributed by atoms with Gasteiger partial charge in [-0.1, -0.05) is 12.1 Å². The molecule has 0 aromatic heterocycles. The van der Waals surface area contributed by atoms with Gasteiger partial charge in [-0.05, 0) is 63.8 Å². The smallest absolute Gasteiger partial charge is 0.408 e. The Balaban J connectivity index is 3.04. The monoisotopic (exact) mass is 322 g/mol. The Hall–Kier alpha value is -2.08. The van der Waals surface area contributed by atoms with Gasteiger partial charge >= 0.3 is 6.09 Å². The van der Waals surface area contributed by atoms with E-state index >= 15 is 0 Å². The summed E-state index contributed by atoms with van der Waals surface area (Å²) in [6.07, 6.45) is -2.36. The number of nitrogens with one attached hydrogen (secondary N) is 1. The van der Waals surface area contributed by atoms with Crippen LogP contribution in [0.25, 0.3) is 0 Å². The van der Waals surface area contributed by atoms with Crippen LogP contribution in [-0.4, -0.2) is 28.8 Å². The summed E-state index contributed by atoms with van der Waals surface area (Å²) in [5.41, 5.74) is 2.33. The summed E-state index contributed by atoms with van der Waals surface area (Å²) in [4.78, 5) is 23.1. The van der Waals surface area contributed by atoms with Crippen molar-refractivity contribution in [3.8, 4) is 0 Å². The number of aliphatic hydroxyl groups is 1. The molecule has 0 fully saturated rings. The highest BCUT2D eigenvalue weighted by molar-refractivity contribution is 5.79. The fourth-order valence-corrected chi connectivity index (χ4v) is 2.18. The molecule has 1 aromatic rings. The van der Waals surface area contributed by atoms with Gasteiger partial charge in [-0.2, -0.15) is 0 Å². The van der Waals surface area contributed by atoms with Crippen LogP contribution in [0.3, 0.4) is 0 Å². The Labute approximate surface area is 136 Å². The van der Waals surface area contributed by atoms with Gasteiger partial charge < -0.3 is 25.1 Å². The zero-order valence-corrected chi connectivity index (χ0v) is 14.4. The number of rotatable bonds is 4. The van der Waals surface area contributed by atoms with E-state index in [4.69, 9.17) is 4.74 Å². The Morgan fingerprint density at radius 3 is 2.13 bits per heavy atom. The second-order valence-electron chi connectivity index (χ2n) is 6.68. The maximum absolute atomic E-state index is 11.8. The molecular weight excluding hydrogens is 298 g/mol. The van der Waals surface area contributed by atoms with Gasteiger partial charge in [0, 0.05) is 0 Å². The van der Waals surface area contributed by atoms with E-state index in [1.54, 1.807) is 33.8 Å². The lowest BCUT2D eigenvalue weighted by atomic mass is 9.94.